The molecule has 0 aliphatic heterocycles. The van der Waals surface area contributed by atoms with E-state index in [1.54, 1.807) is 30.2 Å². The number of ether oxygens (including phenoxy) is 1. The van der Waals surface area contributed by atoms with Gasteiger partial charge in [-0.2, -0.15) is 4.98 Å². The van der Waals surface area contributed by atoms with E-state index in [1.165, 1.54) is 7.11 Å². The summed E-state index contributed by atoms with van der Waals surface area (Å²) >= 11 is 5.78. The summed E-state index contributed by atoms with van der Waals surface area (Å²) < 4.78 is 5.14. The molecule has 2 rings (SSSR count). The maximum Gasteiger partial charge on any atom is 0.314 e. The van der Waals surface area contributed by atoms with Gasteiger partial charge in [0, 0.05) is 30.9 Å². The average molecular weight is 337 g/mol. The second-order valence-corrected chi connectivity index (χ2v) is 5.30. The van der Waals surface area contributed by atoms with Gasteiger partial charge in [-0.3, -0.25) is 10.1 Å². The fraction of sp³-hybridized carbons (Fsp3) is 0.333. The van der Waals surface area contributed by atoms with Gasteiger partial charge in [0.25, 0.3) is 0 Å². The predicted octanol–water partition coefficient (Wildman–Crippen LogP) is 3.38. The van der Waals surface area contributed by atoms with E-state index in [2.05, 4.69) is 9.97 Å². The monoisotopic (exact) mass is 336 g/mol. The lowest BCUT2D eigenvalue weighted by atomic mass is 10.2. The van der Waals surface area contributed by atoms with Gasteiger partial charge in [0.1, 0.15) is 5.15 Å². The minimum Gasteiger partial charge on any atom is -0.481 e. The van der Waals surface area contributed by atoms with Crippen LogP contribution in [0.25, 0.3) is 0 Å². The number of aromatic nitrogens is 2. The predicted molar refractivity (Wildman–Crippen MR) is 88.2 cm³/mol. The van der Waals surface area contributed by atoms with Gasteiger partial charge < -0.3 is 9.64 Å². The van der Waals surface area contributed by atoms with Crippen molar-refractivity contribution in [1.29, 1.82) is 0 Å². The number of aryl methyl sites for hydroxylation is 1. The van der Waals surface area contributed by atoms with E-state index >= 15 is 0 Å². The number of nitro groups is 1. The second-order valence-electron chi connectivity index (χ2n) is 4.91. The zero-order valence-electron chi connectivity index (χ0n) is 13.1. The third-order valence-electron chi connectivity index (χ3n) is 3.38. The third kappa shape index (κ3) is 3.87. The highest BCUT2D eigenvalue weighted by Gasteiger charge is 2.25. The number of halogens is 1. The van der Waals surface area contributed by atoms with Crippen molar-refractivity contribution in [3.63, 3.8) is 0 Å². The second kappa shape index (κ2) is 7.23. The maximum absolute atomic E-state index is 11.4. The number of pyridine rings is 2. The number of hydrogen-bond acceptors (Lipinski definition) is 6. The number of rotatable bonds is 6. The molecule has 0 unspecified atom stereocenters. The van der Waals surface area contributed by atoms with Crippen molar-refractivity contribution < 1.29 is 9.66 Å². The molecule has 0 saturated heterocycles. The Morgan fingerprint density at radius 3 is 2.70 bits per heavy atom. The quantitative estimate of drug-likeness (QED) is 0.457. The van der Waals surface area contributed by atoms with E-state index in [4.69, 9.17) is 16.3 Å². The first-order chi connectivity index (χ1) is 11.0. The molecule has 122 valence electrons. The van der Waals surface area contributed by atoms with Crippen LogP contribution in [0.4, 0.5) is 11.5 Å². The SMILES string of the molecule is CCN(Cc1ccc(Cl)nc1)c1nc(OC)cc(C)c1[N+](=O)[O-]. The molecule has 0 aliphatic carbocycles. The molecule has 2 aromatic heterocycles. The van der Waals surface area contributed by atoms with Gasteiger partial charge >= 0.3 is 5.69 Å². The highest BCUT2D eigenvalue weighted by atomic mass is 35.5. The number of hydrogen-bond donors (Lipinski definition) is 0. The van der Waals surface area contributed by atoms with E-state index in [1.807, 2.05) is 13.0 Å². The normalized spacial score (nSPS) is 10.4. The molecule has 0 saturated carbocycles. The lowest BCUT2D eigenvalue weighted by molar-refractivity contribution is -0.384. The highest BCUT2D eigenvalue weighted by molar-refractivity contribution is 6.29. The largest absolute Gasteiger partial charge is 0.481 e. The maximum atomic E-state index is 11.4. The molecule has 7 nitrogen and oxygen atoms in total. The Balaban J connectivity index is 2.45. The van der Waals surface area contributed by atoms with Crippen LogP contribution in [0.3, 0.4) is 0 Å². The molecular formula is C15H17ClN4O3. The Morgan fingerprint density at radius 1 is 1.43 bits per heavy atom. The molecule has 8 heteroatoms. The van der Waals surface area contributed by atoms with Crippen molar-refractivity contribution in [2.45, 2.75) is 20.4 Å². The van der Waals surface area contributed by atoms with Crippen LogP contribution < -0.4 is 9.64 Å². The fourth-order valence-corrected chi connectivity index (χ4v) is 2.34. The van der Waals surface area contributed by atoms with Crippen LogP contribution in [0.5, 0.6) is 5.88 Å². The third-order valence-corrected chi connectivity index (χ3v) is 3.60. The van der Waals surface area contributed by atoms with Crippen molar-refractivity contribution in [2.24, 2.45) is 0 Å². The van der Waals surface area contributed by atoms with E-state index in [9.17, 15) is 10.1 Å². The molecular weight excluding hydrogens is 320 g/mol. The van der Waals surface area contributed by atoms with Gasteiger partial charge in [-0.25, -0.2) is 4.98 Å². The van der Waals surface area contributed by atoms with Gasteiger partial charge in [0.05, 0.1) is 12.0 Å². The zero-order valence-corrected chi connectivity index (χ0v) is 13.9. The van der Waals surface area contributed by atoms with Crippen LogP contribution >= 0.6 is 11.6 Å². The molecule has 0 spiro atoms. The summed E-state index contributed by atoms with van der Waals surface area (Å²) in [4.78, 5) is 21.1. The highest BCUT2D eigenvalue weighted by Crippen LogP contribution is 2.33. The standard InChI is InChI=1S/C15H17ClN4O3/c1-4-19(9-11-5-6-12(16)17-8-11)15-14(20(21)22)10(2)7-13(18-15)23-3/h5-8H,4,9H2,1-3H3. The van der Waals surface area contributed by atoms with Crippen molar-refractivity contribution in [1.82, 2.24) is 9.97 Å². The van der Waals surface area contributed by atoms with E-state index in [0.29, 0.717) is 29.7 Å². The Labute approximate surface area is 139 Å². The molecule has 0 bridgehead atoms. The first kappa shape index (κ1) is 17.0. The summed E-state index contributed by atoms with van der Waals surface area (Å²) in [5.41, 5.74) is 1.37. The Kier molecular flexibility index (Phi) is 5.33. The molecule has 2 aromatic rings. The van der Waals surface area contributed by atoms with Crippen LogP contribution in [-0.2, 0) is 6.54 Å². The molecule has 0 aliphatic rings. The Bertz CT molecular complexity index is 707. The van der Waals surface area contributed by atoms with Crippen molar-refractivity contribution in [3.8, 4) is 5.88 Å². The van der Waals surface area contributed by atoms with Gasteiger partial charge in [0.2, 0.25) is 11.7 Å². The van der Waals surface area contributed by atoms with Crippen molar-refractivity contribution >= 4 is 23.1 Å². The summed E-state index contributed by atoms with van der Waals surface area (Å²) in [7, 11) is 1.48. The number of nitrogens with zero attached hydrogens (tertiary/aromatic N) is 4. The van der Waals surface area contributed by atoms with Crippen LogP contribution in [0.2, 0.25) is 5.15 Å². The zero-order chi connectivity index (χ0) is 17.0. The lowest BCUT2D eigenvalue weighted by Crippen LogP contribution is -2.24. The van der Waals surface area contributed by atoms with Crippen molar-refractivity contribution in [2.75, 3.05) is 18.6 Å². The lowest BCUT2D eigenvalue weighted by Gasteiger charge is -2.22. The summed E-state index contributed by atoms with van der Waals surface area (Å²) in [5.74, 6) is 0.625. The summed E-state index contributed by atoms with van der Waals surface area (Å²) in [6.45, 7) is 4.55. The minimum absolute atomic E-state index is 0.0189. The van der Waals surface area contributed by atoms with Gasteiger partial charge in [0.15, 0.2) is 0 Å². The molecule has 2 heterocycles. The summed E-state index contributed by atoms with van der Waals surface area (Å²) in [6, 6.07) is 5.07. The summed E-state index contributed by atoms with van der Waals surface area (Å²) in [5, 5.41) is 11.8. The van der Waals surface area contributed by atoms with Crippen LogP contribution in [-0.4, -0.2) is 28.5 Å². The number of anilines is 1. The first-order valence-corrected chi connectivity index (χ1v) is 7.39. The van der Waals surface area contributed by atoms with Gasteiger partial charge in [-0.15, -0.1) is 0 Å². The van der Waals surface area contributed by atoms with E-state index < -0.39 is 4.92 Å². The van der Waals surface area contributed by atoms with Crippen LogP contribution in [0.15, 0.2) is 24.4 Å². The Morgan fingerprint density at radius 2 is 2.17 bits per heavy atom. The van der Waals surface area contributed by atoms with Gasteiger partial charge in [-0.05, 0) is 25.5 Å². The average Bonchev–Trinajstić information content (AvgIpc) is 2.53. The smallest absolute Gasteiger partial charge is 0.314 e. The van der Waals surface area contributed by atoms with Gasteiger partial charge in [-0.1, -0.05) is 17.7 Å². The molecule has 0 aromatic carbocycles. The van der Waals surface area contributed by atoms with Crippen LogP contribution in [0.1, 0.15) is 18.1 Å². The minimum atomic E-state index is -0.417. The number of methoxy groups -OCH3 is 1. The van der Waals surface area contributed by atoms with Crippen molar-refractivity contribution in [3.05, 3.63) is 50.8 Å². The fourth-order valence-electron chi connectivity index (χ4n) is 2.23. The molecule has 0 radical (unpaired) electrons. The van der Waals surface area contributed by atoms with E-state index in [0.717, 1.165) is 5.56 Å². The molecule has 0 N–H and O–H groups in total. The molecule has 0 fully saturated rings. The summed E-state index contributed by atoms with van der Waals surface area (Å²) in [6.07, 6.45) is 1.64. The van der Waals surface area contributed by atoms with E-state index in [-0.39, 0.29) is 11.5 Å². The molecule has 0 amide bonds. The first-order valence-electron chi connectivity index (χ1n) is 7.01. The van der Waals surface area contributed by atoms with Crippen LogP contribution in [0, 0.1) is 17.0 Å². The molecule has 23 heavy (non-hydrogen) atoms. The molecule has 0 atom stereocenters. The Hall–Kier alpha value is -2.41. The topological polar surface area (TPSA) is 81.4 Å².